The summed E-state index contributed by atoms with van der Waals surface area (Å²) >= 11 is 0. The van der Waals surface area contributed by atoms with Gasteiger partial charge in [0.2, 0.25) is 0 Å². The number of pyridine rings is 1. The van der Waals surface area contributed by atoms with Gasteiger partial charge in [-0.2, -0.15) is 10.5 Å². The number of benzene rings is 6. The fraction of sp³-hybridized carbons (Fsp3) is 0.219. The molecule has 1 heterocycles. The minimum atomic E-state index is -0.395. The Morgan fingerprint density at radius 1 is 0.634 bits per heavy atom. The first-order chi connectivity index (χ1) is 34.8. The number of fused-ring (bicyclic) bond motifs is 3. The summed E-state index contributed by atoms with van der Waals surface area (Å²) in [4.78, 5) is 12.9. The molecular formula is C64H75N7. The van der Waals surface area contributed by atoms with Gasteiger partial charge in [-0.05, 0) is 158 Å². The van der Waals surface area contributed by atoms with Crippen LogP contribution in [0.25, 0.3) is 22.3 Å². The van der Waals surface area contributed by atoms with Crippen molar-refractivity contribution in [2.75, 3.05) is 7.05 Å². The maximum absolute atomic E-state index is 8.78. The van der Waals surface area contributed by atoms with Crippen LogP contribution in [0.5, 0.6) is 0 Å². The zero-order valence-corrected chi connectivity index (χ0v) is 44.0. The molecule has 7 aromatic rings. The van der Waals surface area contributed by atoms with Crippen LogP contribution in [0.2, 0.25) is 0 Å². The average Bonchev–Trinajstić information content (AvgIpc) is 3.75. The smallest absolute Gasteiger partial charge is 0.154 e. The fourth-order valence-corrected chi connectivity index (χ4v) is 7.37. The lowest BCUT2D eigenvalue weighted by atomic mass is 9.68. The van der Waals surface area contributed by atoms with Crippen molar-refractivity contribution in [3.63, 3.8) is 0 Å². The zero-order chi connectivity index (χ0) is 52.9. The zero-order valence-electron chi connectivity index (χ0n) is 44.0. The standard InChI is InChI=1S/C32H26N2.C17H12N4.C4H8.C3H6.C2H5N.3C2H6/c1-33-21-23-9-7-10-24(19-23)25-16-17-31-29(20-25)28-14-5-6-15-30(28)32(31,26-11-3-2-4-12-26)27-13-8-18-34-22-27;1-20-17(16-8-6-14(11-19)7-9-16)21-12-15-4-2-13(10-18)3-5-15;1-3-4-2;1-3-2;1-2-3;3*1-2/h2-20,22,33H,21H2,1H3;2-9H,1,12H2;3-4H,1-2H3;3H,1H2,2H3;2-3H,1H3;3*1-2H3/b;;4-3-;;;;;. The van der Waals surface area contributed by atoms with Crippen molar-refractivity contribution in [3.05, 3.63) is 245 Å². The second-order valence-corrected chi connectivity index (χ2v) is 14.6. The first-order valence-corrected chi connectivity index (χ1v) is 24.4. The number of hydrogen-bond acceptors (Lipinski definition) is 6. The molecule has 0 aliphatic heterocycles. The lowest BCUT2D eigenvalue weighted by Gasteiger charge is -2.33. The molecule has 6 aromatic carbocycles. The van der Waals surface area contributed by atoms with E-state index in [0.29, 0.717) is 23.5 Å². The van der Waals surface area contributed by atoms with Crippen molar-refractivity contribution >= 4 is 18.8 Å². The number of nitriles is 2. The minimum absolute atomic E-state index is 0.395. The Morgan fingerprint density at radius 3 is 1.70 bits per heavy atom. The molecule has 8 rings (SSSR count). The largest absolute Gasteiger partial charge is 0.316 e. The number of rotatable bonds is 8. The van der Waals surface area contributed by atoms with Crippen LogP contribution in [0.15, 0.2) is 205 Å². The van der Waals surface area contributed by atoms with E-state index in [0.717, 1.165) is 17.7 Å². The van der Waals surface area contributed by atoms with Crippen LogP contribution in [-0.4, -0.2) is 30.8 Å². The van der Waals surface area contributed by atoms with Crippen LogP contribution in [0, 0.1) is 28.1 Å². The molecule has 0 amide bonds. The first kappa shape index (κ1) is 60.9. The number of aliphatic imine (C=N–C) groups is 2. The van der Waals surface area contributed by atoms with Gasteiger partial charge in [0.05, 0.1) is 35.2 Å². The molecule has 0 saturated heterocycles. The van der Waals surface area contributed by atoms with Crippen LogP contribution in [0.4, 0.5) is 0 Å². The van der Waals surface area contributed by atoms with Crippen LogP contribution >= 0.6 is 0 Å². The summed E-state index contributed by atoms with van der Waals surface area (Å²) < 4.78 is 0. The first-order valence-electron chi connectivity index (χ1n) is 24.4. The van der Waals surface area contributed by atoms with Crippen molar-refractivity contribution < 1.29 is 0 Å². The third-order valence-electron chi connectivity index (χ3n) is 10.2. The van der Waals surface area contributed by atoms with Gasteiger partial charge in [0.1, 0.15) is 0 Å². The number of aromatic nitrogens is 1. The molecule has 7 heteroatoms. The van der Waals surface area contributed by atoms with E-state index in [1.165, 1.54) is 56.3 Å². The summed E-state index contributed by atoms with van der Waals surface area (Å²) in [5.41, 5.74) is 14.0. The number of hydrogen-bond donors (Lipinski definition) is 2. The Morgan fingerprint density at radius 2 is 1.17 bits per heavy atom. The predicted octanol–water partition coefficient (Wildman–Crippen LogP) is 16.4. The molecule has 0 spiro atoms. The molecule has 1 aromatic heterocycles. The molecule has 2 N–H and O–H groups in total. The lowest BCUT2D eigenvalue weighted by Crippen LogP contribution is -2.28. The number of allylic oxidation sites excluding steroid dienone is 3. The highest BCUT2D eigenvalue weighted by atomic mass is 14.9. The Labute approximate surface area is 427 Å². The third kappa shape index (κ3) is 17.4. The minimum Gasteiger partial charge on any atom is -0.316 e. The quantitative estimate of drug-likeness (QED) is 0.0895. The van der Waals surface area contributed by atoms with Gasteiger partial charge in [-0.3, -0.25) is 9.98 Å². The summed E-state index contributed by atoms with van der Waals surface area (Å²) in [7, 11) is 1.99. The van der Waals surface area contributed by atoms with E-state index in [9.17, 15) is 0 Å². The molecule has 1 aliphatic carbocycles. The van der Waals surface area contributed by atoms with Crippen molar-refractivity contribution in [1.29, 1.82) is 15.9 Å². The number of amidine groups is 1. The van der Waals surface area contributed by atoms with Crippen LogP contribution in [0.3, 0.4) is 0 Å². The SMILES string of the molecule is C/C=C\C.C=CC.C=NC(=NCc1ccc(C#N)cc1)c1ccc(C#N)cc1.CC.CC.CC.CC=N.CNCc1cccc(-c2ccc3c(c2)-c2ccccc2C3(c2ccccc2)c2cccnc2)c1. The maximum Gasteiger partial charge on any atom is 0.154 e. The summed E-state index contributed by atoms with van der Waals surface area (Å²) in [6.07, 6.45) is 10.9. The van der Waals surface area contributed by atoms with E-state index in [-0.39, 0.29) is 0 Å². The number of nitrogens with one attached hydrogen (secondary N) is 2. The Bertz CT molecular complexity index is 2690. The molecule has 0 bridgehead atoms. The van der Waals surface area contributed by atoms with E-state index in [2.05, 4.69) is 149 Å². The van der Waals surface area contributed by atoms with Gasteiger partial charge in [0, 0.05) is 24.5 Å². The van der Waals surface area contributed by atoms with Gasteiger partial charge in [-0.25, -0.2) is 4.99 Å². The van der Waals surface area contributed by atoms with E-state index in [4.69, 9.17) is 15.9 Å². The monoisotopic (exact) mass is 942 g/mol. The predicted molar refractivity (Wildman–Crippen MR) is 307 cm³/mol. The second-order valence-electron chi connectivity index (χ2n) is 14.6. The fourth-order valence-electron chi connectivity index (χ4n) is 7.37. The van der Waals surface area contributed by atoms with Gasteiger partial charge in [-0.15, -0.1) is 6.58 Å². The number of nitrogens with zero attached hydrogens (tertiary/aromatic N) is 5. The summed E-state index contributed by atoms with van der Waals surface area (Å²) in [5.74, 6) is 0.531. The van der Waals surface area contributed by atoms with Gasteiger partial charge in [-0.1, -0.05) is 163 Å². The molecule has 1 atom stereocenters. The third-order valence-corrected chi connectivity index (χ3v) is 10.2. The molecular weight excluding hydrogens is 867 g/mol. The highest BCUT2D eigenvalue weighted by molar-refractivity contribution is 6.01. The molecule has 0 radical (unpaired) electrons. The molecule has 7 nitrogen and oxygen atoms in total. The van der Waals surface area contributed by atoms with Gasteiger partial charge in [0.25, 0.3) is 0 Å². The van der Waals surface area contributed by atoms with E-state index >= 15 is 0 Å². The van der Waals surface area contributed by atoms with Crippen molar-refractivity contribution in [2.24, 2.45) is 9.98 Å². The van der Waals surface area contributed by atoms with Crippen LogP contribution < -0.4 is 5.32 Å². The van der Waals surface area contributed by atoms with Crippen LogP contribution in [-0.2, 0) is 18.5 Å². The lowest BCUT2D eigenvalue weighted by molar-refractivity contribution is 0.763. The Kier molecular flexibility index (Phi) is 30.9. The van der Waals surface area contributed by atoms with E-state index < -0.39 is 5.41 Å². The van der Waals surface area contributed by atoms with Crippen molar-refractivity contribution in [1.82, 2.24) is 10.3 Å². The van der Waals surface area contributed by atoms with Crippen molar-refractivity contribution in [3.8, 4) is 34.4 Å². The Hall–Kier alpha value is -8.10. The molecule has 1 aliphatic rings. The van der Waals surface area contributed by atoms with Crippen molar-refractivity contribution in [2.45, 2.75) is 87.7 Å². The average molecular weight is 942 g/mol. The van der Waals surface area contributed by atoms with E-state index in [1.807, 2.05) is 112 Å². The molecule has 366 valence electrons. The molecule has 71 heavy (non-hydrogen) atoms. The molecule has 0 fully saturated rings. The Balaban J connectivity index is 0.000000583. The molecule has 0 saturated carbocycles. The second kappa shape index (κ2) is 36.0. The van der Waals surface area contributed by atoms with E-state index in [1.54, 1.807) is 49.4 Å². The van der Waals surface area contributed by atoms with Gasteiger partial charge in [0.15, 0.2) is 5.84 Å². The van der Waals surface area contributed by atoms with Gasteiger partial charge < -0.3 is 10.7 Å². The summed E-state index contributed by atoms with van der Waals surface area (Å²) in [6, 6.07) is 58.1. The highest BCUT2D eigenvalue weighted by Gasteiger charge is 2.46. The maximum atomic E-state index is 8.78. The molecule has 1 unspecified atom stereocenters. The highest BCUT2D eigenvalue weighted by Crippen LogP contribution is 2.56. The topological polar surface area (TPSA) is 121 Å². The summed E-state index contributed by atoms with van der Waals surface area (Å²) in [5, 5.41) is 26.9. The van der Waals surface area contributed by atoms with Crippen LogP contribution in [0.1, 0.15) is 119 Å². The van der Waals surface area contributed by atoms with Gasteiger partial charge >= 0.3 is 0 Å². The summed E-state index contributed by atoms with van der Waals surface area (Å²) in [6.45, 7) is 27.8. The normalized spacial score (nSPS) is 12.0.